The minimum atomic E-state index is -0.636. The number of ether oxygens (including phenoxy) is 2. The summed E-state index contributed by atoms with van der Waals surface area (Å²) in [5.41, 5.74) is 1.35. The average Bonchev–Trinajstić information content (AvgIpc) is 3.10. The molecule has 1 aliphatic heterocycles. The van der Waals surface area contributed by atoms with Crippen LogP contribution in [0, 0.1) is 5.82 Å². The Bertz CT molecular complexity index is 1200. The molecule has 0 N–H and O–H groups in total. The van der Waals surface area contributed by atoms with Crippen LogP contribution in [0.3, 0.4) is 0 Å². The average molecular weight is 422 g/mol. The van der Waals surface area contributed by atoms with Crippen LogP contribution in [0.15, 0.2) is 83.5 Å². The van der Waals surface area contributed by atoms with Crippen LogP contribution in [0.25, 0.3) is 6.08 Å². The van der Waals surface area contributed by atoms with E-state index in [9.17, 15) is 14.0 Å². The Kier molecular flexibility index (Phi) is 5.41. The van der Waals surface area contributed by atoms with E-state index in [1.165, 1.54) is 24.3 Å². The number of halogens is 2. The molecule has 0 saturated heterocycles. The van der Waals surface area contributed by atoms with E-state index in [0.717, 1.165) is 0 Å². The number of aliphatic imine (C=N–C) groups is 1. The van der Waals surface area contributed by atoms with Crippen molar-refractivity contribution in [3.63, 3.8) is 0 Å². The van der Waals surface area contributed by atoms with Crippen LogP contribution < -0.4 is 4.74 Å². The van der Waals surface area contributed by atoms with Crippen LogP contribution in [0.5, 0.6) is 5.75 Å². The molecule has 0 aliphatic carbocycles. The van der Waals surface area contributed by atoms with Gasteiger partial charge >= 0.3 is 11.9 Å². The van der Waals surface area contributed by atoms with Gasteiger partial charge in [0.1, 0.15) is 11.6 Å². The molecule has 7 heteroatoms. The number of nitrogens with zero attached hydrogens (tertiary/aromatic N) is 1. The molecule has 0 unspecified atom stereocenters. The summed E-state index contributed by atoms with van der Waals surface area (Å²) in [6, 6.07) is 18.7. The van der Waals surface area contributed by atoms with Gasteiger partial charge < -0.3 is 9.47 Å². The zero-order valence-electron chi connectivity index (χ0n) is 15.3. The second kappa shape index (κ2) is 8.31. The highest BCUT2D eigenvalue weighted by Gasteiger charge is 2.24. The molecular formula is C23H13ClFNO4. The van der Waals surface area contributed by atoms with Gasteiger partial charge in [-0.15, -0.1) is 0 Å². The molecule has 0 fully saturated rings. The zero-order valence-corrected chi connectivity index (χ0v) is 16.1. The molecule has 4 rings (SSSR count). The van der Waals surface area contributed by atoms with Crippen molar-refractivity contribution in [2.75, 3.05) is 0 Å². The van der Waals surface area contributed by atoms with E-state index in [0.29, 0.717) is 21.9 Å². The summed E-state index contributed by atoms with van der Waals surface area (Å²) in [6.07, 6.45) is 1.52. The van der Waals surface area contributed by atoms with Crippen LogP contribution in [-0.4, -0.2) is 17.8 Å². The number of rotatable bonds is 4. The number of benzene rings is 3. The van der Waals surface area contributed by atoms with Crippen molar-refractivity contribution in [3.05, 3.63) is 106 Å². The summed E-state index contributed by atoms with van der Waals surface area (Å²) in [5.74, 6) is -1.31. The normalized spacial score (nSPS) is 14.4. The minimum absolute atomic E-state index is 0.0380. The number of hydrogen-bond donors (Lipinski definition) is 0. The second-order valence-corrected chi connectivity index (χ2v) is 6.69. The highest BCUT2D eigenvalue weighted by molar-refractivity contribution is 6.33. The first-order valence-electron chi connectivity index (χ1n) is 8.85. The van der Waals surface area contributed by atoms with E-state index in [2.05, 4.69) is 4.99 Å². The zero-order chi connectivity index (χ0) is 21.1. The Morgan fingerprint density at radius 1 is 1.03 bits per heavy atom. The van der Waals surface area contributed by atoms with Crippen LogP contribution in [0.4, 0.5) is 4.39 Å². The number of carbonyl (C=O) groups excluding carboxylic acids is 2. The van der Waals surface area contributed by atoms with Crippen LogP contribution in [-0.2, 0) is 9.53 Å². The molecule has 0 bridgehead atoms. The predicted molar refractivity (Wildman–Crippen MR) is 110 cm³/mol. The van der Waals surface area contributed by atoms with E-state index in [-0.39, 0.29) is 17.2 Å². The van der Waals surface area contributed by atoms with Crippen LogP contribution in [0.2, 0.25) is 5.02 Å². The third kappa shape index (κ3) is 4.29. The van der Waals surface area contributed by atoms with Gasteiger partial charge in [0.25, 0.3) is 0 Å². The largest absolute Gasteiger partial charge is 0.423 e. The van der Waals surface area contributed by atoms with Crippen molar-refractivity contribution in [3.8, 4) is 5.75 Å². The second-order valence-electron chi connectivity index (χ2n) is 6.28. The maximum absolute atomic E-state index is 13.4. The van der Waals surface area contributed by atoms with E-state index in [1.54, 1.807) is 54.6 Å². The molecule has 0 radical (unpaired) electrons. The van der Waals surface area contributed by atoms with Gasteiger partial charge in [0.2, 0.25) is 5.90 Å². The van der Waals surface area contributed by atoms with E-state index < -0.39 is 17.8 Å². The molecule has 1 heterocycles. The maximum Gasteiger partial charge on any atom is 0.363 e. The smallest absolute Gasteiger partial charge is 0.363 e. The summed E-state index contributed by atoms with van der Waals surface area (Å²) in [6.45, 7) is 0. The number of carbonyl (C=O) groups is 2. The maximum atomic E-state index is 13.4. The van der Waals surface area contributed by atoms with E-state index in [4.69, 9.17) is 21.1 Å². The molecule has 0 saturated carbocycles. The lowest BCUT2D eigenvalue weighted by Gasteiger charge is -2.06. The van der Waals surface area contributed by atoms with Crippen molar-refractivity contribution < 1.29 is 23.5 Å². The topological polar surface area (TPSA) is 65.0 Å². The highest BCUT2D eigenvalue weighted by atomic mass is 35.5. The molecule has 3 aromatic carbocycles. The molecule has 0 spiro atoms. The van der Waals surface area contributed by atoms with Crippen molar-refractivity contribution in [1.82, 2.24) is 0 Å². The molecule has 0 amide bonds. The fourth-order valence-electron chi connectivity index (χ4n) is 2.73. The third-order valence-electron chi connectivity index (χ3n) is 4.18. The molecule has 5 nitrogen and oxygen atoms in total. The number of cyclic esters (lactones) is 1. The van der Waals surface area contributed by atoms with Crippen molar-refractivity contribution in [1.29, 1.82) is 0 Å². The van der Waals surface area contributed by atoms with Crippen molar-refractivity contribution in [2.24, 2.45) is 4.99 Å². The first kappa shape index (κ1) is 19.5. The molecule has 0 atom stereocenters. The first-order valence-corrected chi connectivity index (χ1v) is 9.23. The van der Waals surface area contributed by atoms with Gasteiger partial charge in [-0.2, -0.15) is 0 Å². The van der Waals surface area contributed by atoms with Gasteiger partial charge in [0.05, 0.1) is 10.6 Å². The molecule has 148 valence electrons. The lowest BCUT2D eigenvalue weighted by atomic mass is 10.2. The molecule has 1 aliphatic rings. The SMILES string of the molecule is O=C1OC(c2cccc(F)c2)=N/C1=C\c1ccc(OC(=O)c2ccccc2Cl)cc1. The molecule has 0 aromatic heterocycles. The molecule has 3 aromatic rings. The fourth-order valence-corrected chi connectivity index (χ4v) is 2.95. The lowest BCUT2D eigenvalue weighted by Crippen LogP contribution is -2.08. The minimum Gasteiger partial charge on any atom is -0.423 e. The predicted octanol–water partition coefficient (Wildman–Crippen LogP) is 5.04. The Hall–Kier alpha value is -3.77. The monoisotopic (exact) mass is 421 g/mol. The van der Waals surface area contributed by atoms with Gasteiger partial charge in [0.15, 0.2) is 5.70 Å². The Morgan fingerprint density at radius 3 is 2.53 bits per heavy atom. The van der Waals surface area contributed by atoms with E-state index >= 15 is 0 Å². The quantitative estimate of drug-likeness (QED) is 0.336. The third-order valence-corrected chi connectivity index (χ3v) is 4.51. The Morgan fingerprint density at radius 2 is 1.80 bits per heavy atom. The summed E-state index contributed by atoms with van der Waals surface area (Å²) in [4.78, 5) is 28.4. The van der Waals surface area contributed by atoms with E-state index in [1.807, 2.05) is 0 Å². The highest BCUT2D eigenvalue weighted by Crippen LogP contribution is 2.22. The number of esters is 2. The Balaban J connectivity index is 1.50. The van der Waals surface area contributed by atoms with Gasteiger partial charge in [-0.3, -0.25) is 0 Å². The van der Waals surface area contributed by atoms with Crippen molar-refractivity contribution >= 4 is 35.5 Å². The molecule has 30 heavy (non-hydrogen) atoms. The summed E-state index contributed by atoms with van der Waals surface area (Å²) in [5, 5.41) is 0.301. The van der Waals surface area contributed by atoms with Crippen LogP contribution in [0.1, 0.15) is 21.5 Å². The summed E-state index contributed by atoms with van der Waals surface area (Å²) in [7, 11) is 0. The standard InChI is InChI=1S/C23H13ClFNO4/c24-19-7-2-1-6-18(19)22(27)29-17-10-8-14(9-11-17)12-20-23(28)30-21(26-20)15-4-3-5-16(25)13-15/h1-13H/b20-12-. The first-order chi connectivity index (χ1) is 14.5. The van der Waals surface area contributed by atoms with Gasteiger partial charge in [-0.1, -0.05) is 41.9 Å². The van der Waals surface area contributed by atoms with Crippen molar-refractivity contribution in [2.45, 2.75) is 0 Å². The fraction of sp³-hybridized carbons (Fsp3) is 0. The van der Waals surface area contributed by atoms with Gasteiger partial charge in [-0.25, -0.2) is 19.0 Å². The molecular weight excluding hydrogens is 409 g/mol. The lowest BCUT2D eigenvalue weighted by molar-refractivity contribution is -0.129. The Labute approximate surface area is 176 Å². The summed E-state index contributed by atoms with van der Waals surface area (Å²) < 4.78 is 23.8. The van der Waals surface area contributed by atoms with Crippen LogP contribution >= 0.6 is 11.6 Å². The van der Waals surface area contributed by atoms with Gasteiger partial charge in [0, 0.05) is 5.56 Å². The number of hydrogen-bond acceptors (Lipinski definition) is 5. The van der Waals surface area contributed by atoms with Gasteiger partial charge in [-0.05, 0) is 54.1 Å². The summed E-state index contributed by atoms with van der Waals surface area (Å²) >= 11 is 6.00.